The topological polar surface area (TPSA) is 160 Å². The molecule has 0 spiro atoms. The number of sulfonamides is 2. The Kier molecular flexibility index (Phi) is 15.2. The Morgan fingerprint density at radius 1 is 0.511 bits per heavy atom. The predicted molar refractivity (Wildman–Crippen MR) is 171 cm³/mol. The molecule has 0 bridgehead atoms. The minimum absolute atomic E-state index is 0. The van der Waals surface area contributed by atoms with Crippen LogP contribution in [-0.4, -0.2) is 43.2 Å². The second-order valence-electron chi connectivity index (χ2n) is 8.57. The van der Waals surface area contributed by atoms with E-state index in [0.29, 0.717) is 11.4 Å². The Morgan fingerprint density at radius 2 is 0.844 bits per heavy atom. The first kappa shape index (κ1) is 36.4. The molecule has 0 aliphatic carbocycles. The van der Waals surface area contributed by atoms with Gasteiger partial charge in [-0.1, -0.05) is 54.6 Å². The third kappa shape index (κ3) is 12.8. The monoisotopic (exact) mass is 685 g/mol. The Morgan fingerprint density at radius 3 is 1.13 bits per heavy atom. The van der Waals surface area contributed by atoms with Crippen molar-refractivity contribution >= 4 is 31.5 Å². The Bertz CT molecular complexity index is 1660. The van der Waals surface area contributed by atoms with E-state index in [-0.39, 0.29) is 37.7 Å². The van der Waals surface area contributed by atoms with Crippen LogP contribution in [0, 0.1) is 0 Å². The average molecular weight is 686 g/mol. The summed E-state index contributed by atoms with van der Waals surface area (Å²) in [6, 6.07) is 31.8. The van der Waals surface area contributed by atoms with Gasteiger partial charge in [-0.2, -0.15) is 0 Å². The zero-order valence-corrected chi connectivity index (χ0v) is 26.8. The van der Waals surface area contributed by atoms with Gasteiger partial charge in [-0.25, -0.2) is 21.8 Å². The van der Waals surface area contributed by atoms with Crippen molar-refractivity contribution in [1.29, 1.82) is 0 Å². The van der Waals surface area contributed by atoms with Crippen molar-refractivity contribution < 1.29 is 33.3 Å². The summed E-state index contributed by atoms with van der Waals surface area (Å²) in [6.45, 7) is 3.12. The fourth-order valence-electron chi connectivity index (χ4n) is 3.07. The van der Waals surface area contributed by atoms with E-state index >= 15 is 0 Å². The molecule has 11 nitrogen and oxygen atoms in total. The van der Waals surface area contributed by atoms with Crippen LogP contribution in [0.15, 0.2) is 160 Å². The molecule has 5 aromatic rings. The van der Waals surface area contributed by atoms with Crippen molar-refractivity contribution in [3.8, 4) is 0 Å². The van der Waals surface area contributed by atoms with Crippen LogP contribution in [0.5, 0.6) is 0 Å². The van der Waals surface area contributed by atoms with Gasteiger partial charge >= 0.3 is 16.5 Å². The molecular weight excluding hydrogens is 657 g/mol. The van der Waals surface area contributed by atoms with Gasteiger partial charge in [-0.05, 0) is 74.5 Å². The van der Waals surface area contributed by atoms with Gasteiger partial charge in [0.1, 0.15) is 20.0 Å². The first-order valence-electron chi connectivity index (χ1n) is 13.0. The van der Waals surface area contributed by atoms with Crippen molar-refractivity contribution in [3.05, 3.63) is 161 Å². The minimum Gasteiger partial charge on any atom is -0.490 e. The van der Waals surface area contributed by atoms with Crippen LogP contribution in [0.1, 0.15) is 25.2 Å². The molecule has 0 radical (unpaired) electrons. The maximum Gasteiger partial charge on any atom is 2.00 e. The van der Waals surface area contributed by atoms with Gasteiger partial charge in [0, 0.05) is 36.2 Å². The maximum absolute atomic E-state index is 12.3. The van der Waals surface area contributed by atoms with Gasteiger partial charge in [-0.15, -0.1) is 0 Å². The number of pyridine rings is 3. The van der Waals surface area contributed by atoms with Gasteiger partial charge in [0.15, 0.2) is 0 Å². The van der Waals surface area contributed by atoms with Gasteiger partial charge in [-0.3, -0.25) is 9.97 Å². The molecule has 3 heterocycles. The summed E-state index contributed by atoms with van der Waals surface area (Å²) in [5.41, 5.74) is 1.23. The molecule has 0 fully saturated rings. The summed E-state index contributed by atoms with van der Waals surface area (Å²) in [6.07, 6.45) is 7.00. The van der Waals surface area contributed by atoms with E-state index < -0.39 is 20.0 Å². The number of aromatic nitrogens is 3. The average Bonchev–Trinajstić information content (AvgIpc) is 3.09. The number of rotatable bonds is 8. The molecule has 0 unspecified atom stereocenters. The zero-order chi connectivity index (χ0) is 31.7. The third-order valence-corrected chi connectivity index (χ3v) is 7.63. The molecule has 0 saturated heterocycles. The largest absolute Gasteiger partial charge is 2.00 e. The van der Waals surface area contributed by atoms with E-state index in [2.05, 4.69) is 34.8 Å². The first-order valence-corrected chi connectivity index (χ1v) is 15.9. The zero-order valence-electron chi connectivity index (χ0n) is 24.2. The van der Waals surface area contributed by atoms with E-state index in [1.807, 2.05) is 36.4 Å². The number of hydrogen-bond acceptors (Lipinski definition) is 9. The molecule has 0 saturated carbocycles. The molecule has 5 rings (SSSR count). The van der Waals surface area contributed by atoms with Crippen molar-refractivity contribution in [2.24, 2.45) is 10.2 Å². The predicted octanol–water partition coefficient (Wildman–Crippen LogP) is 6.22. The van der Waals surface area contributed by atoms with Crippen LogP contribution in [0.4, 0.5) is 0 Å². The molecule has 0 aliphatic rings. The summed E-state index contributed by atoms with van der Waals surface area (Å²) in [4.78, 5) is 18.9. The van der Waals surface area contributed by atoms with Crippen LogP contribution in [0.2, 0.25) is 0 Å². The van der Waals surface area contributed by atoms with Crippen LogP contribution in [-0.2, 0) is 36.5 Å². The molecule has 0 N–H and O–H groups in total. The normalized spacial score (nSPS) is 11.3. The standard InChI is InChI=1S/C21H19N5O4S2.2C5H5N.Ni/c1-16(23-25-31(27,28)18-10-5-3-6-11-18)20-14-9-15-21(22-20)17(2)24-26-32(29,30)19-12-7-4-8-13-19;2*1-2-4-6-5-3-1;/h3-15H,1-2H3;2*1-5H;/q-2;;;+2/b23-16+,24-17+;;;. The fraction of sp³-hybridized carbons (Fsp3) is 0.0645. The number of nitrogens with zero attached hydrogens (tertiary/aromatic N) is 7. The molecule has 0 aliphatic heterocycles. The molecule has 2 aromatic carbocycles. The summed E-state index contributed by atoms with van der Waals surface area (Å²) in [5, 5.41) is 7.60. The van der Waals surface area contributed by atoms with E-state index in [1.165, 1.54) is 24.3 Å². The van der Waals surface area contributed by atoms with Gasteiger partial charge in [0.25, 0.3) is 0 Å². The molecule has 45 heavy (non-hydrogen) atoms. The van der Waals surface area contributed by atoms with Crippen molar-refractivity contribution in [2.75, 3.05) is 0 Å². The van der Waals surface area contributed by atoms with Crippen molar-refractivity contribution in [1.82, 2.24) is 15.0 Å². The number of hydrogen-bond donors (Lipinski definition) is 0. The summed E-state index contributed by atoms with van der Waals surface area (Å²) in [5.74, 6) is 0. The molecular formula is C31H29N7NiO4S2. The summed E-state index contributed by atoms with van der Waals surface area (Å²) in [7, 11) is -7.87. The Hall–Kier alpha value is -4.78. The summed E-state index contributed by atoms with van der Waals surface area (Å²) < 4.78 is 49.0. The molecule has 0 amide bonds. The van der Waals surface area contributed by atoms with Crippen molar-refractivity contribution in [3.63, 3.8) is 0 Å². The van der Waals surface area contributed by atoms with Crippen LogP contribution < -0.4 is 0 Å². The van der Waals surface area contributed by atoms with E-state index in [4.69, 9.17) is 0 Å². The van der Waals surface area contributed by atoms with Gasteiger partial charge < -0.3 is 19.9 Å². The quantitative estimate of drug-likeness (QED) is 0.107. The molecule has 234 valence electrons. The van der Waals surface area contributed by atoms with Gasteiger partial charge in [0.2, 0.25) is 0 Å². The third-order valence-electron chi connectivity index (χ3n) is 5.30. The fourth-order valence-corrected chi connectivity index (χ4v) is 4.73. The Balaban J connectivity index is 0.000000448. The maximum atomic E-state index is 12.3. The van der Waals surface area contributed by atoms with E-state index in [9.17, 15) is 16.8 Å². The van der Waals surface area contributed by atoms with Crippen molar-refractivity contribution in [2.45, 2.75) is 23.6 Å². The van der Waals surface area contributed by atoms with Crippen LogP contribution >= 0.6 is 0 Å². The molecule has 3 aromatic heterocycles. The first-order chi connectivity index (χ1) is 21.2. The van der Waals surface area contributed by atoms with E-state index in [1.54, 1.807) is 93.2 Å². The van der Waals surface area contributed by atoms with Crippen LogP contribution in [0.3, 0.4) is 0 Å². The smallest absolute Gasteiger partial charge is 0.490 e. The number of benzene rings is 2. The summed E-state index contributed by atoms with van der Waals surface area (Å²) >= 11 is 0. The second kappa shape index (κ2) is 18.8. The SMILES string of the molecule is C/C(=N\[N-]S(=O)(=O)c1ccccc1)c1cccc(/C(C)=N/[N-]S(=O)(=O)c2ccccc2)n1.[Ni+2].c1ccncc1.c1ccncc1. The van der Waals surface area contributed by atoms with E-state index in [0.717, 1.165) is 0 Å². The second-order valence-corrected chi connectivity index (χ2v) is 11.7. The minimum atomic E-state index is -3.94. The molecule has 0 atom stereocenters. The van der Waals surface area contributed by atoms with Crippen LogP contribution in [0.25, 0.3) is 9.66 Å². The Labute approximate surface area is 273 Å². The van der Waals surface area contributed by atoms with Gasteiger partial charge in [0.05, 0.1) is 21.2 Å². The molecule has 14 heteroatoms.